The summed E-state index contributed by atoms with van der Waals surface area (Å²) in [4.78, 5) is 11.9. The number of rotatable bonds is 3. The van der Waals surface area contributed by atoms with Gasteiger partial charge in [-0.15, -0.1) is 0 Å². The second-order valence-electron chi connectivity index (χ2n) is 4.32. The minimum Gasteiger partial charge on any atom is -0.490 e. The van der Waals surface area contributed by atoms with Crippen molar-refractivity contribution in [2.45, 2.75) is 20.0 Å². The maximum atomic E-state index is 11.9. The molecule has 0 aliphatic carbocycles. The van der Waals surface area contributed by atoms with E-state index in [1.807, 2.05) is 50.2 Å². The number of carbonyl (C=O) groups is 1. The van der Waals surface area contributed by atoms with E-state index >= 15 is 0 Å². The number of methoxy groups -OCH3 is 1. The fourth-order valence-corrected chi connectivity index (χ4v) is 1.92. The standard InChI is InChI=1S/C15H16O3/c1-10(2)18-13-9-8-11-6-4-5-7-12(11)14(13)15(16)17-3/h4-10H,1-3H3. The highest BCUT2D eigenvalue weighted by atomic mass is 16.5. The van der Waals surface area contributed by atoms with Crippen LogP contribution in [0.15, 0.2) is 36.4 Å². The Kier molecular flexibility index (Phi) is 3.51. The number of benzene rings is 2. The van der Waals surface area contributed by atoms with Crippen LogP contribution in [0.3, 0.4) is 0 Å². The summed E-state index contributed by atoms with van der Waals surface area (Å²) in [5.41, 5.74) is 0.490. The van der Waals surface area contributed by atoms with E-state index in [-0.39, 0.29) is 12.1 Å². The summed E-state index contributed by atoms with van der Waals surface area (Å²) in [7, 11) is 1.38. The van der Waals surface area contributed by atoms with Gasteiger partial charge >= 0.3 is 5.97 Å². The van der Waals surface area contributed by atoms with Crippen LogP contribution in [0.4, 0.5) is 0 Å². The van der Waals surface area contributed by atoms with Crippen LogP contribution >= 0.6 is 0 Å². The fraction of sp³-hybridized carbons (Fsp3) is 0.267. The third-order valence-electron chi connectivity index (χ3n) is 2.64. The molecule has 0 atom stereocenters. The van der Waals surface area contributed by atoms with Gasteiger partial charge in [0.2, 0.25) is 0 Å². The zero-order valence-corrected chi connectivity index (χ0v) is 10.8. The van der Waals surface area contributed by atoms with Crippen molar-refractivity contribution >= 4 is 16.7 Å². The van der Waals surface area contributed by atoms with E-state index in [1.54, 1.807) is 0 Å². The van der Waals surface area contributed by atoms with E-state index in [2.05, 4.69) is 0 Å². The molecule has 0 heterocycles. The SMILES string of the molecule is COC(=O)c1c(OC(C)C)ccc2ccccc12. The number of hydrogen-bond acceptors (Lipinski definition) is 3. The van der Waals surface area contributed by atoms with Crippen molar-refractivity contribution in [3.63, 3.8) is 0 Å². The van der Waals surface area contributed by atoms with Crippen molar-refractivity contribution in [1.82, 2.24) is 0 Å². The molecule has 0 N–H and O–H groups in total. The molecule has 94 valence electrons. The van der Waals surface area contributed by atoms with Gasteiger partial charge in [0, 0.05) is 0 Å². The quantitative estimate of drug-likeness (QED) is 0.776. The summed E-state index contributed by atoms with van der Waals surface area (Å²) in [6.45, 7) is 3.85. The monoisotopic (exact) mass is 244 g/mol. The molecule has 0 amide bonds. The van der Waals surface area contributed by atoms with Gasteiger partial charge in [-0.2, -0.15) is 0 Å². The molecule has 2 aromatic carbocycles. The normalized spacial score (nSPS) is 10.7. The first-order chi connectivity index (χ1) is 8.63. The summed E-state index contributed by atoms with van der Waals surface area (Å²) in [5, 5.41) is 1.84. The molecule has 0 radical (unpaired) electrons. The molecule has 0 bridgehead atoms. The highest BCUT2D eigenvalue weighted by molar-refractivity contribution is 6.07. The molecule has 0 aliphatic rings. The maximum absolute atomic E-state index is 11.9. The van der Waals surface area contributed by atoms with Gasteiger partial charge in [0.15, 0.2) is 0 Å². The van der Waals surface area contributed by atoms with Gasteiger partial charge in [0.1, 0.15) is 11.3 Å². The summed E-state index contributed by atoms with van der Waals surface area (Å²) in [5.74, 6) is 0.193. The fourth-order valence-electron chi connectivity index (χ4n) is 1.92. The summed E-state index contributed by atoms with van der Waals surface area (Å²) in [6.07, 6.45) is 0.00886. The third-order valence-corrected chi connectivity index (χ3v) is 2.64. The highest BCUT2D eigenvalue weighted by Gasteiger charge is 2.17. The number of ether oxygens (including phenoxy) is 2. The van der Waals surface area contributed by atoms with Gasteiger partial charge in [0.05, 0.1) is 13.2 Å². The largest absolute Gasteiger partial charge is 0.490 e. The molecule has 2 aromatic rings. The number of hydrogen-bond donors (Lipinski definition) is 0. The molecule has 18 heavy (non-hydrogen) atoms. The Bertz CT molecular complexity index is 573. The molecule has 3 heteroatoms. The van der Waals surface area contributed by atoms with E-state index < -0.39 is 0 Å². The second kappa shape index (κ2) is 5.08. The Labute approximate surface area is 106 Å². The van der Waals surface area contributed by atoms with E-state index in [4.69, 9.17) is 9.47 Å². The second-order valence-corrected chi connectivity index (χ2v) is 4.32. The van der Waals surface area contributed by atoms with Crippen LogP contribution in [0, 0.1) is 0 Å². The van der Waals surface area contributed by atoms with E-state index in [0.29, 0.717) is 11.3 Å². The lowest BCUT2D eigenvalue weighted by molar-refractivity contribution is 0.0597. The van der Waals surface area contributed by atoms with Gasteiger partial charge < -0.3 is 9.47 Å². The van der Waals surface area contributed by atoms with Gasteiger partial charge in [0.25, 0.3) is 0 Å². The van der Waals surface area contributed by atoms with Gasteiger partial charge in [-0.05, 0) is 30.7 Å². The van der Waals surface area contributed by atoms with Crippen molar-refractivity contribution in [2.24, 2.45) is 0 Å². The molecular formula is C15H16O3. The topological polar surface area (TPSA) is 35.5 Å². The molecule has 0 aromatic heterocycles. The van der Waals surface area contributed by atoms with Crippen LogP contribution in [0.25, 0.3) is 10.8 Å². The van der Waals surface area contributed by atoms with E-state index in [9.17, 15) is 4.79 Å². The minimum atomic E-state index is -0.373. The Morgan fingerprint density at radius 3 is 2.50 bits per heavy atom. The maximum Gasteiger partial charge on any atom is 0.342 e. The third kappa shape index (κ3) is 2.30. The zero-order valence-electron chi connectivity index (χ0n) is 10.8. The van der Waals surface area contributed by atoms with E-state index in [0.717, 1.165) is 10.8 Å². The summed E-state index contributed by atoms with van der Waals surface area (Å²) < 4.78 is 10.5. The molecule has 0 fully saturated rings. The van der Waals surface area contributed by atoms with Gasteiger partial charge in [-0.25, -0.2) is 4.79 Å². The molecule has 0 spiro atoms. The van der Waals surface area contributed by atoms with Crippen LogP contribution < -0.4 is 4.74 Å². The van der Waals surface area contributed by atoms with Crippen molar-refractivity contribution in [2.75, 3.05) is 7.11 Å². The molecule has 0 unspecified atom stereocenters. The average molecular weight is 244 g/mol. The smallest absolute Gasteiger partial charge is 0.342 e. The lowest BCUT2D eigenvalue weighted by atomic mass is 10.0. The predicted molar refractivity (Wildman–Crippen MR) is 71.1 cm³/mol. The van der Waals surface area contributed by atoms with Crippen molar-refractivity contribution in [3.05, 3.63) is 42.0 Å². The molecule has 0 saturated carbocycles. The van der Waals surface area contributed by atoms with Gasteiger partial charge in [-0.3, -0.25) is 0 Å². The first-order valence-corrected chi connectivity index (χ1v) is 5.90. The van der Waals surface area contributed by atoms with Crippen molar-refractivity contribution < 1.29 is 14.3 Å². The van der Waals surface area contributed by atoms with Crippen LogP contribution in [0.1, 0.15) is 24.2 Å². The summed E-state index contributed by atoms with van der Waals surface area (Å²) in [6, 6.07) is 11.4. The molecule has 3 nitrogen and oxygen atoms in total. The van der Waals surface area contributed by atoms with Crippen LogP contribution in [-0.4, -0.2) is 19.2 Å². The van der Waals surface area contributed by atoms with Gasteiger partial charge in [-0.1, -0.05) is 30.3 Å². The van der Waals surface area contributed by atoms with Crippen molar-refractivity contribution in [1.29, 1.82) is 0 Å². The first-order valence-electron chi connectivity index (χ1n) is 5.90. The predicted octanol–water partition coefficient (Wildman–Crippen LogP) is 3.41. The van der Waals surface area contributed by atoms with Crippen LogP contribution in [-0.2, 0) is 4.74 Å². The Morgan fingerprint density at radius 1 is 1.11 bits per heavy atom. The highest BCUT2D eigenvalue weighted by Crippen LogP contribution is 2.29. The number of carbonyl (C=O) groups excluding carboxylic acids is 1. The molecular weight excluding hydrogens is 228 g/mol. The Balaban J connectivity index is 2.67. The average Bonchev–Trinajstić information content (AvgIpc) is 2.37. The van der Waals surface area contributed by atoms with Crippen LogP contribution in [0.2, 0.25) is 0 Å². The first kappa shape index (κ1) is 12.4. The molecule has 0 aliphatic heterocycles. The molecule has 0 saturated heterocycles. The Hall–Kier alpha value is -2.03. The minimum absolute atomic E-state index is 0.00886. The lowest BCUT2D eigenvalue weighted by Gasteiger charge is -2.15. The zero-order chi connectivity index (χ0) is 13.1. The van der Waals surface area contributed by atoms with Crippen LogP contribution in [0.5, 0.6) is 5.75 Å². The lowest BCUT2D eigenvalue weighted by Crippen LogP contribution is -2.11. The number of esters is 1. The van der Waals surface area contributed by atoms with E-state index in [1.165, 1.54) is 7.11 Å². The Morgan fingerprint density at radius 2 is 1.83 bits per heavy atom. The van der Waals surface area contributed by atoms with Crippen molar-refractivity contribution in [3.8, 4) is 5.75 Å². The molecule has 2 rings (SSSR count). The number of fused-ring (bicyclic) bond motifs is 1. The summed E-state index contributed by atoms with van der Waals surface area (Å²) >= 11 is 0.